The third-order valence-corrected chi connectivity index (χ3v) is 5.03. The zero-order valence-corrected chi connectivity index (χ0v) is 16.3. The lowest BCUT2D eigenvalue weighted by Crippen LogP contribution is -2.34. The summed E-state index contributed by atoms with van der Waals surface area (Å²) in [4.78, 5) is 26.8. The standard InChI is InChI=1S/C22H26N2O4/c1-27-17-10-11-20(28-2)18(15-17)19-9-6-14-24(19)21(25)12-13-23-22(26)16-7-4-3-5-8-16/h3-5,7-8,10-11,15,19H,6,9,12-14H2,1-2H3,(H,23,26). The number of hydrogen-bond acceptors (Lipinski definition) is 4. The zero-order chi connectivity index (χ0) is 19.9. The number of ether oxygens (including phenoxy) is 2. The SMILES string of the molecule is COc1ccc(OC)c(C2CCCN2C(=O)CCNC(=O)c2ccccc2)c1. The van der Waals surface area contributed by atoms with Crippen LogP contribution >= 0.6 is 0 Å². The molecule has 2 aromatic rings. The van der Waals surface area contributed by atoms with Crippen molar-refractivity contribution in [2.75, 3.05) is 27.3 Å². The molecule has 1 unspecified atom stereocenters. The van der Waals surface area contributed by atoms with E-state index in [-0.39, 0.29) is 24.3 Å². The molecule has 1 atom stereocenters. The highest BCUT2D eigenvalue weighted by molar-refractivity contribution is 5.94. The molecule has 0 aromatic heterocycles. The lowest BCUT2D eigenvalue weighted by atomic mass is 10.0. The maximum atomic E-state index is 12.8. The highest BCUT2D eigenvalue weighted by Gasteiger charge is 2.31. The minimum absolute atomic E-state index is 0.0285. The Kier molecular flexibility index (Phi) is 6.53. The number of hydrogen-bond donors (Lipinski definition) is 1. The summed E-state index contributed by atoms with van der Waals surface area (Å²) in [7, 11) is 3.25. The number of rotatable bonds is 7. The summed E-state index contributed by atoms with van der Waals surface area (Å²) in [6.07, 6.45) is 2.08. The largest absolute Gasteiger partial charge is 0.497 e. The quantitative estimate of drug-likeness (QED) is 0.799. The topological polar surface area (TPSA) is 67.9 Å². The summed E-state index contributed by atoms with van der Waals surface area (Å²) in [6.45, 7) is 1.02. The minimum Gasteiger partial charge on any atom is -0.497 e. The molecule has 3 rings (SSSR count). The van der Waals surface area contributed by atoms with E-state index in [2.05, 4.69) is 5.32 Å². The molecular weight excluding hydrogens is 356 g/mol. The lowest BCUT2D eigenvalue weighted by Gasteiger charge is -2.27. The van der Waals surface area contributed by atoms with Crippen LogP contribution in [0.5, 0.6) is 11.5 Å². The molecule has 1 fully saturated rings. The number of methoxy groups -OCH3 is 2. The van der Waals surface area contributed by atoms with E-state index < -0.39 is 0 Å². The molecule has 2 aromatic carbocycles. The van der Waals surface area contributed by atoms with Crippen molar-refractivity contribution in [2.45, 2.75) is 25.3 Å². The van der Waals surface area contributed by atoms with E-state index in [0.717, 1.165) is 29.9 Å². The Labute approximate surface area is 165 Å². The van der Waals surface area contributed by atoms with Crippen LogP contribution in [-0.2, 0) is 4.79 Å². The van der Waals surface area contributed by atoms with Crippen LogP contribution in [0.25, 0.3) is 0 Å². The van der Waals surface area contributed by atoms with E-state index in [1.54, 1.807) is 26.4 Å². The summed E-state index contributed by atoms with van der Waals surface area (Å²) in [5, 5.41) is 2.82. The number of carbonyl (C=O) groups is 2. The highest BCUT2D eigenvalue weighted by Crippen LogP contribution is 2.39. The molecule has 28 heavy (non-hydrogen) atoms. The molecule has 1 N–H and O–H groups in total. The normalized spacial score (nSPS) is 15.9. The van der Waals surface area contributed by atoms with Gasteiger partial charge in [-0.1, -0.05) is 18.2 Å². The Bertz CT molecular complexity index is 823. The van der Waals surface area contributed by atoms with Gasteiger partial charge < -0.3 is 19.7 Å². The first kappa shape index (κ1) is 19.7. The van der Waals surface area contributed by atoms with Crippen molar-refractivity contribution in [3.05, 3.63) is 59.7 Å². The second kappa shape index (κ2) is 9.26. The van der Waals surface area contributed by atoms with E-state index in [4.69, 9.17) is 9.47 Å². The van der Waals surface area contributed by atoms with Crippen molar-refractivity contribution in [1.82, 2.24) is 10.2 Å². The number of amides is 2. The van der Waals surface area contributed by atoms with Crippen molar-refractivity contribution in [2.24, 2.45) is 0 Å². The summed E-state index contributed by atoms with van der Waals surface area (Å²) >= 11 is 0. The first-order valence-electron chi connectivity index (χ1n) is 9.48. The summed E-state index contributed by atoms with van der Waals surface area (Å²) < 4.78 is 10.8. The van der Waals surface area contributed by atoms with Gasteiger partial charge in [-0.3, -0.25) is 9.59 Å². The van der Waals surface area contributed by atoms with Crippen LogP contribution in [0.15, 0.2) is 48.5 Å². The smallest absolute Gasteiger partial charge is 0.251 e. The fourth-order valence-corrected chi connectivity index (χ4v) is 3.61. The van der Waals surface area contributed by atoms with Crippen LogP contribution < -0.4 is 14.8 Å². The van der Waals surface area contributed by atoms with Gasteiger partial charge in [0.15, 0.2) is 0 Å². The average Bonchev–Trinajstić information content (AvgIpc) is 3.23. The highest BCUT2D eigenvalue weighted by atomic mass is 16.5. The molecule has 148 valence electrons. The molecule has 1 aliphatic heterocycles. The van der Waals surface area contributed by atoms with Crippen molar-refractivity contribution < 1.29 is 19.1 Å². The molecule has 6 heteroatoms. The van der Waals surface area contributed by atoms with E-state index in [9.17, 15) is 9.59 Å². The van der Waals surface area contributed by atoms with Gasteiger partial charge in [0.2, 0.25) is 5.91 Å². The molecule has 6 nitrogen and oxygen atoms in total. The van der Waals surface area contributed by atoms with Gasteiger partial charge in [0.1, 0.15) is 11.5 Å². The number of carbonyl (C=O) groups excluding carboxylic acids is 2. The van der Waals surface area contributed by atoms with Crippen molar-refractivity contribution >= 4 is 11.8 Å². The van der Waals surface area contributed by atoms with Gasteiger partial charge in [-0.25, -0.2) is 0 Å². The van der Waals surface area contributed by atoms with Crippen molar-refractivity contribution in [3.63, 3.8) is 0 Å². The van der Waals surface area contributed by atoms with Crippen LogP contribution in [0.2, 0.25) is 0 Å². The molecule has 0 spiro atoms. The van der Waals surface area contributed by atoms with Crippen LogP contribution in [0.4, 0.5) is 0 Å². The fraction of sp³-hybridized carbons (Fsp3) is 0.364. The van der Waals surface area contributed by atoms with Gasteiger partial charge >= 0.3 is 0 Å². The first-order chi connectivity index (χ1) is 13.6. The van der Waals surface area contributed by atoms with Gasteiger partial charge in [0, 0.05) is 30.6 Å². The number of likely N-dealkylation sites (tertiary alicyclic amines) is 1. The molecule has 0 aliphatic carbocycles. The van der Waals surface area contributed by atoms with Gasteiger partial charge in [-0.15, -0.1) is 0 Å². The predicted molar refractivity (Wildman–Crippen MR) is 107 cm³/mol. The third kappa shape index (κ3) is 4.44. The molecule has 1 heterocycles. The second-order valence-electron chi connectivity index (χ2n) is 6.72. The number of benzene rings is 2. The molecule has 1 saturated heterocycles. The van der Waals surface area contributed by atoms with Crippen LogP contribution in [0.3, 0.4) is 0 Å². The van der Waals surface area contributed by atoms with Crippen molar-refractivity contribution in [3.8, 4) is 11.5 Å². The molecule has 0 radical (unpaired) electrons. The Morgan fingerprint density at radius 2 is 1.89 bits per heavy atom. The number of nitrogens with zero attached hydrogens (tertiary/aromatic N) is 1. The van der Waals surface area contributed by atoms with E-state index in [0.29, 0.717) is 18.7 Å². The molecule has 1 aliphatic rings. The summed E-state index contributed by atoms with van der Waals surface area (Å²) in [6, 6.07) is 14.6. The van der Waals surface area contributed by atoms with E-state index in [1.807, 2.05) is 41.3 Å². The second-order valence-corrected chi connectivity index (χ2v) is 6.72. The van der Waals surface area contributed by atoms with Gasteiger partial charge in [0.25, 0.3) is 5.91 Å². The van der Waals surface area contributed by atoms with Gasteiger partial charge in [-0.05, 0) is 43.2 Å². The Morgan fingerprint density at radius 1 is 1.11 bits per heavy atom. The Hall–Kier alpha value is -3.02. The van der Waals surface area contributed by atoms with E-state index >= 15 is 0 Å². The third-order valence-electron chi connectivity index (χ3n) is 5.03. The van der Waals surface area contributed by atoms with Crippen molar-refractivity contribution in [1.29, 1.82) is 0 Å². The maximum Gasteiger partial charge on any atom is 0.251 e. The Balaban J connectivity index is 1.63. The van der Waals surface area contributed by atoms with Crippen LogP contribution in [0, 0.1) is 0 Å². The monoisotopic (exact) mass is 382 g/mol. The summed E-state index contributed by atoms with van der Waals surface area (Å²) in [5.74, 6) is 1.36. The van der Waals surface area contributed by atoms with Gasteiger partial charge in [0.05, 0.1) is 20.3 Å². The average molecular weight is 382 g/mol. The molecule has 0 bridgehead atoms. The zero-order valence-electron chi connectivity index (χ0n) is 16.3. The minimum atomic E-state index is -0.166. The number of nitrogens with one attached hydrogen (secondary N) is 1. The molecular formula is C22H26N2O4. The predicted octanol–water partition coefficient (Wildman–Crippen LogP) is 3.19. The van der Waals surface area contributed by atoms with E-state index in [1.165, 1.54) is 0 Å². The molecule has 0 saturated carbocycles. The first-order valence-corrected chi connectivity index (χ1v) is 9.48. The molecule has 2 amide bonds. The lowest BCUT2D eigenvalue weighted by molar-refractivity contribution is -0.132. The van der Waals surface area contributed by atoms with Gasteiger partial charge in [-0.2, -0.15) is 0 Å². The van der Waals surface area contributed by atoms with Crippen LogP contribution in [-0.4, -0.2) is 44.0 Å². The summed E-state index contributed by atoms with van der Waals surface area (Å²) in [5.41, 5.74) is 1.55. The van der Waals surface area contributed by atoms with Crippen LogP contribution in [0.1, 0.15) is 41.2 Å². The fourth-order valence-electron chi connectivity index (χ4n) is 3.61. The Morgan fingerprint density at radius 3 is 2.61 bits per heavy atom. The maximum absolute atomic E-state index is 12.8.